The highest BCUT2D eigenvalue weighted by Crippen LogP contribution is 2.21. The van der Waals surface area contributed by atoms with Crippen LogP contribution >= 0.6 is 0 Å². The minimum atomic E-state index is -3.05. The van der Waals surface area contributed by atoms with Gasteiger partial charge in [-0.25, -0.2) is 8.42 Å². The zero-order valence-corrected chi connectivity index (χ0v) is 9.11. The topological polar surface area (TPSA) is 60.2 Å². The van der Waals surface area contributed by atoms with Crippen LogP contribution in [0.15, 0.2) is 0 Å². The molecule has 0 aliphatic heterocycles. The lowest BCUT2D eigenvalue weighted by molar-refractivity contribution is 0.460. The molecule has 2 N–H and O–H groups in total. The fraction of sp³-hybridized carbons (Fsp3) is 1.00. The minimum absolute atomic E-state index is 0.266. The van der Waals surface area contributed by atoms with E-state index in [4.69, 9.17) is 5.73 Å². The second-order valence-corrected chi connectivity index (χ2v) is 6.37. The van der Waals surface area contributed by atoms with Gasteiger partial charge in [-0.3, -0.25) is 0 Å². The average molecular weight is 193 g/mol. The largest absolute Gasteiger partial charge is 0.326 e. The Morgan fingerprint density at radius 2 is 1.83 bits per heavy atom. The molecule has 0 amide bonds. The molecule has 0 bridgehead atoms. The van der Waals surface area contributed by atoms with E-state index >= 15 is 0 Å². The van der Waals surface area contributed by atoms with Crippen LogP contribution in [0.3, 0.4) is 0 Å². The lowest BCUT2D eigenvalue weighted by Crippen LogP contribution is -2.48. The Morgan fingerprint density at radius 1 is 1.42 bits per heavy atom. The van der Waals surface area contributed by atoms with Gasteiger partial charge >= 0.3 is 0 Å². The maximum Gasteiger partial charge on any atom is 0.154 e. The van der Waals surface area contributed by atoms with Crippen molar-refractivity contribution in [2.75, 3.05) is 6.26 Å². The molecule has 12 heavy (non-hydrogen) atoms. The molecule has 4 heteroatoms. The van der Waals surface area contributed by atoms with E-state index < -0.39 is 14.6 Å². The lowest BCUT2D eigenvalue weighted by atomic mass is 10.00. The van der Waals surface area contributed by atoms with Crippen LogP contribution in [-0.4, -0.2) is 25.5 Å². The van der Waals surface area contributed by atoms with Gasteiger partial charge in [0.05, 0.1) is 4.75 Å². The Labute approximate surface area is 75.3 Å². The van der Waals surface area contributed by atoms with Crippen molar-refractivity contribution in [3.63, 3.8) is 0 Å². The van der Waals surface area contributed by atoms with E-state index in [2.05, 4.69) is 0 Å². The molecule has 74 valence electrons. The van der Waals surface area contributed by atoms with E-state index in [1.807, 2.05) is 6.92 Å². The van der Waals surface area contributed by atoms with Crippen LogP contribution < -0.4 is 5.73 Å². The molecule has 0 aromatic rings. The van der Waals surface area contributed by atoms with Gasteiger partial charge < -0.3 is 5.73 Å². The SMILES string of the molecule is CCCC(N)C(C)(C)S(C)(=O)=O. The number of sulfone groups is 1. The summed E-state index contributed by atoms with van der Waals surface area (Å²) < 4.78 is 21.8. The van der Waals surface area contributed by atoms with Gasteiger partial charge in [0.25, 0.3) is 0 Å². The van der Waals surface area contributed by atoms with Gasteiger partial charge in [-0.05, 0) is 20.3 Å². The second-order valence-electron chi connectivity index (χ2n) is 3.77. The summed E-state index contributed by atoms with van der Waals surface area (Å²) in [6, 6.07) is -0.266. The quantitative estimate of drug-likeness (QED) is 0.722. The van der Waals surface area contributed by atoms with Crippen molar-refractivity contribution >= 4 is 9.84 Å². The summed E-state index contributed by atoms with van der Waals surface area (Å²) in [6.45, 7) is 5.36. The van der Waals surface area contributed by atoms with Crippen LogP contribution in [0.4, 0.5) is 0 Å². The molecule has 0 radical (unpaired) electrons. The van der Waals surface area contributed by atoms with Gasteiger partial charge in [0, 0.05) is 12.3 Å². The average Bonchev–Trinajstić information content (AvgIpc) is 1.85. The predicted octanol–water partition coefficient (Wildman–Crippen LogP) is 0.937. The first-order valence-electron chi connectivity index (χ1n) is 4.18. The first-order valence-corrected chi connectivity index (χ1v) is 6.07. The summed E-state index contributed by atoms with van der Waals surface area (Å²) >= 11 is 0. The van der Waals surface area contributed by atoms with Gasteiger partial charge in [-0.2, -0.15) is 0 Å². The number of hydrogen-bond acceptors (Lipinski definition) is 3. The van der Waals surface area contributed by atoms with E-state index in [0.717, 1.165) is 12.8 Å². The summed E-state index contributed by atoms with van der Waals surface area (Å²) in [4.78, 5) is 0. The van der Waals surface area contributed by atoms with Crippen molar-refractivity contribution in [2.45, 2.75) is 44.4 Å². The Morgan fingerprint density at radius 3 is 2.08 bits per heavy atom. The number of nitrogens with two attached hydrogens (primary N) is 1. The highest BCUT2D eigenvalue weighted by Gasteiger charge is 2.35. The van der Waals surface area contributed by atoms with Crippen molar-refractivity contribution in [3.05, 3.63) is 0 Å². The molecule has 1 unspecified atom stereocenters. The third-order valence-corrected chi connectivity index (χ3v) is 4.66. The van der Waals surface area contributed by atoms with Crippen LogP contribution in [0, 0.1) is 0 Å². The maximum absolute atomic E-state index is 11.3. The molecule has 0 aliphatic rings. The lowest BCUT2D eigenvalue weighted by Gasteiger charge is -2.29. The molecule has 0 spiro atoms. The Bertz CT molecular complexity index is 231. The van der Waals surface area contributed by atoms with Crippen molar-refractivity contribution in [3.8, 4) is 0 Å². The van der Waals surface area contributed by atoms with Crippen LogP contribution in [0.2, 0.25) is 0 Å². The molecule has 3 nitrogen and oxygen atoms in total. The Hall–Kier alpha value is -0.0900. The maximum atomic E-state index is 11.3. The van der Waals surface area contributed by atoms with Gasteiger partial charge in [-0.15, -0.1) is 0 Å². The molecular weight excluding hydrogens is 174 g/mol. The molecule has 1 atom stereocenters. The molecular formula is C8H19NO2S. The summed E-state index contributed by atoms with van der Waals surface area (Å²) in [6.07, 6.45) is 2.91. The standard InChI is InChI=1S/C8H19NO2S/c1-5-6-7(9)8(2,3)12(4,10)11/h7H,5-6,9H2,1-4H3. The summed E-state index contributed by atoms with van der Waals surface area (Å²) in [5.41, 5.74) is 5.77. The van der Waals surface area contributed by atoms with Crippen LogP contribution in [-0.2, 0) is 9.84 Å². The highest BCUT2D eigenvalue weighted by atomic mass is 32.2. The van der Waals surface area contributed by atoms with E-state index in [0.29, 0.717) is 0 Å². The predicted molar refractivity (Wildman–Crippen MR) is 51.8 cm³/mol. The summed E-state index contributed by atoms with van der Waals surface area (Å²) in [5.74, 6) is 0. The smallest absolute Gasteiger partial charge is 0.154 e. The van der Waals surface area contributed by atoms with E-state index in [1.165, 1.54) is 6.26 Å². The summed E-state index contributed by atoms with van der Waals surface area (Å²) in [7, 11) is -3.05. The van der Waals surface area contributed by atoms with Gasteiger partial charge in [0.1, 0.15) is 0 Å². The first kappa shape index (κ1) is 11.9. The molecule has 0 aromatic carbocycles. The van der Waals surface area contributed by atoms with E-state index in [1.54, 1.807) is 13.8 Å². The minimum Gasteiger partial charge on any atom is -0.326 e. The Kier molecular flexibility index (Phi) is 3.72. The van der Waals surface area contributed by atoms with Crippen molar-refractivity contribution in [2.24, 2.45) is 5.73 Å². The molecule has 0 saturated carbocycles. The van der Waals surface area contributed by atoms with Crippen LogP contribution in [0.1, 0.15) is 33.6 Å². The molecule has 0 aromatic heterocycles. The normalized spacial score (nSPS) is 16.1. The molecule has 0 rings (SSSR count). The van der Waals surface area contributed by atoms with Gasteiger partial charge in [-0.1, -0.05) is 13.3 Å². The molecule has 0 saturated heterocycles. The monoisotopic (exact) mass is 193 g/mol. The summed E-state index contributed by atoms with van der Waals surface area (Å²) in [5, 5.41) is 0. The van der Waals surface area contributed by atoms with E-state index in [9.17, 15) is 8.42 Å². The van der Waals surface area contributed by atoms with Crippen molar-refractivity contribution in [1.82, 2.24) is 0 Å². The van der Waals surface area contributed by atoms with E-state index in [-0.39, 0.29) is 6.04 Å². The molecule has 0 fully saturated rings. The zero-order chi connectivity index (χ0) is 9.99. The fourth-order valence-electron chi connectivity index (χ4n) is 0.934. The Balaban J connectivity index is 4.62. The van der Waals surface area contributed by atoms with Gasteiger partial charge in [0.2, 0.25) is 0 Å². The van der Waals surface area contributed by atoms with Crippen molar-refractivity contribution in [1.29, 1.82) is 0 Å². The number of rotatable bonds is 4. The zero-order valence-electron chi connectivity index (χ0n) is 8.29. The van der Waals surface area contributed by atoms with Gasteiger partial charge in [0.15, 0.2) is 9.84 Å². The second kappa shape index (κ2) is 3.75. The van der Waals surface area contributed by atoms with Crippen molar-refractivity contribution < 1.29 is 8.42 Å². The van der Waals surface area contributed by atoms with Crippen LogP contribution in [0.5, 0.6) is 0 Å². The highest BCUT2D eigenvalue weighted by molar-refractivity contribution is 7.92. The first-order chi connectivity index (χ1) is 5.23. The molecule has 0 heterocycles. The number of hydrogen-bond donors (Lipinski definition) is 1. The molecule has 0 aliphatic carbocycles. The third-order valence-electron chi connectivity index (χ3n) is 2.45. The fourth-order valence-corrected chi connectivity index (χ4v) is 1.60. The van der Waals surface area contributed by atoms with Crippen LogP contribution in [0.25, 0.3) is 0 Å². The third kappa shape index (κ3) is 2.45.